The van der Waals surface area contributed by atoms with E-state index < -0.39 is 0 Å². The molecule has 0 aromatic rings. The Morgan fingerprint density at radius 3 is 2.83 bits per heavy atom. The molecule has 0 aromatic carbocycles. The van der Waals surface area contributed by atoms with Crippen molar-refractivity contribution in [3.8, 4) is 24.2 Å². The first-order valence-corrected chi connectivity index (χ1v) is 3.92. The molecule has 0 heterocycles. The molecule has 66 valence electrons. The van der Waals surface area contributed by atoms with Crippen LogP contribution in [0.4, 0.5) is 0 Å². The van der Waals surface area contributed by atoms with Crippen LogP contribution < -0.4 is 0 Å². The minimum absolute atomic E-state index is 0.371. The molecule has 0 aliphatic rings. The highest BCUT2D eigenvalue weighted by atomic mass is 16.7. The quantitative estimate of drug-likeness (QED) is 0.337. The van der Waals surface area contributed by atoms with Gasteiger partial charge in [0.05, 0.1) is 0 Å². The van der Waals surface area contributed by atoms with E-state index in [1.165, 1.54) is 0 Å². The number of methoxy groups -OCH3 is 1. The predicted molar refractivity (Wildman–Crippen MR) is 48.3 cm³/mol. The molecule has 0 fully saturated rings. The molecule has 12 heavy (non-hydrogen) atoms. The van der Waals surface area contributed by atoms with Crippen molar-refractivity contribution in [1.29, 1.82) is 0 Å². The van der Waals surface area contributed by atoms with E-state index in [9.17, 15) is 0 Å². The number of terminal acetylenes is 1. The summed E-state index contributed by atoms with van der Waals surface area (Å²) in [7, 11) is 1.61. The lowest BCUT2D eigenvalue weighted by molar-refractivity contribution is -0.0313. The summed E-state index contributed by atoms with van der Waals surface area (Å²) in [6, 6.07) is 0. The largest absolute Gasteiger partial charge is 0.359 e. The van der Waals surface area contributed by atoms with Crippen molar-refractivity contribution in [3.05, 3.63) is 0 Å². The summed E-state index contributed by atoms with van der Waals surface area (Å²) in [5.74, 6) is 7.68. The fourth-order valence-electron chi connectivity index (χ4n) is 0.673. The highest BCUT2D eigenvalue weighted by Gasteiger charge is 1.86. The van der Waals surface area contributed by atoms with Crippen molar-refractivity contribution in [3.63, 3.8) is 0 Å². The first-order chi connectivity index (χ1) is 5.91. The van der Waals surface area contributed by atoms with Crippen molar-refractivity contribution in [2.45, 2.75) is 19.3 Å². The maximum absolute atomic E-state index is 5.08. The van der Waals surface area contributed by atoms with Crippen molar-refractivity contribution in [2.24, 2.45) is 0 Å². The van der Waals surface area contributed by atoms with Gasteiger partial charge in [0.2, 0.25) is 0 Å². The highest BCUT2D eigenvalue weighted by Crippen LogP contribution is 1.93. The molecule has 0 aliphatic carbocycles. The van der Waals surface area contributed by atoms with Crippen LogP contribution in [0.15, 0.2) is 0 Å². The van der Waals surface area contributed by atoms with Crippen LogP contribution in [-0.2, 0) is 9.47 Å². The molecular formula is C10H14O2. The molecule has 0 spiro atoms. The summed E-state index contributed by atoms with van der Waals surface area (Å²) in [4.78, 5) is 0. The van der Waals surface area contributed by atoms with Gasteiger partial charge in [-0.1, -0.05) is 5.92 Å². The Kier molecular flexibility index (Phi) is 9.24. The van der Waals surface area contributed by atoms with E-state index in [-0.39, 0.29) is 0 Å². The summed E-state index contributed by atoms with van der Waals surface area (Å²) in [5, 5.41) is 0. The van der Waals surface area contributed by atoms with E-state index in [4.69, 9.17) is 15.9 Å². The summed E-state index contributed by atoms with van der Waals surface area (Å²) in [6.07, 6.45) is 7.82. The average Bonchev–Trinajstić information content (AvgIpc) is 2.10. The summed E-state index contributed by atoms with van der Waals surface area (Å²) in [5.41, 5.74) is 0. The Morgan fingerprint density at radius 2 is 2.17 bits per heavy atom. The second-order valence-electron chi connectivity index (χ2n) is 2.22. The van der Waals surface area contributed by atoms with Gasteiger partial charge in [-0.2, -0.15) is 0 Å². The third kappa shape index (κ3) is 9.04. The number of ether oxygens (including phenoxy) is 2. The van der Waals surface area contributed by atoms with Crippen LogP contribution in [0.25, 0.3) is 0 Å². The predicted octanol–water partition coefficient (Wildman–Crippen LogP) is 1.41. The van der Waals surface area contributed by atoms with Crippen molar-refractivity contribution >= 4 is 0 Å². The van der Waals surface area contributed by atoms with Gasteiger partial charge in [-0.25, -0.2) is 0 Å². The van der Waals surface area contributed by atoms with E-state index >= 15 is 0 Å². The lowest BCUT2D eigenvalue weighted by Gasteiger charge is -1.99. The van der Waals surface area contributed by atoms with E-state index in [0.717, 1.165) is 25.9 Å². The highest BCUT2D eigenvalue weighted by molar-refractivity contribution is 5.21. The Morgan fingerprint density at radius 1 is 1.33 bits per heavy atom. The van der Waals surface area contributed by atoms with Crippen LogP contribution >= 0.6 is 0 Å². The Balaban J connectivity index is 2.97. The van der Waals surface area contributed by atoms with Gasteiger partial charge < -0.3 is 9.47 Å². The zero-order valence-corrected chi connectivity index (χ0v) is 7.43. The normalized spacial score (nSPS) is 8.33. The van der Waals surface area contributed by atoms with Gasteiger partial charge in [0.15, 0.2) is 0 Å². The molecule has 2 nitrogen and oxygen atoms in total. The van der Waals surface area contributed by atoms with Gasteiger partial charge in [-0.15, -0.1) is 6.42 Å². The second-order valence-corrected chi connectivity index (χ2v) is 2.22. The van der Waals surface area contributed by atoms with Crippen LogP contribution in [0.1, 0.15) is 19.3 Å². The number of hydrogen-bond donors (Lipinski definition) is 0. The fraction of sp³-hybridized carbons (Fsp3) is 0.600. The molecule has 0 aromatic heterocycles. The maximum atomic E-state index is 5.08. The van der Waals surface area contributed by atoms with Gasteiger partial charge in [0.25, 0.3) is 0 Å². The standard InChI is InChI=1S/C10H14O2/c1-3-4-5-6-7-8-9-12-10-11-2/h1H,6-10H2,2H3. The van der Waals surface area contributed by atoms with Crippen molar-refractivity contribution in [2.75, 3.05) is 20.5 Å². The van der Waals surface area contributed by atoms with Crippen LogP contribution in [0.2, 0.25) is 0 Å². The lowest BCUT2D eigenvalue weighted by atomic mass is 10.2. The lowest BCUT2D eigenvalue weighted by Crippen LogP contribution is -1.97. The van der Waals surface area contributed by atoms with E-state index in [1.807, 2.05) is 0 Å². The summed E-state index contributed by atoms with van der Waals surface area (Å²) < 4.78 is 9.79. The van der Waals surface area contributed by atoms with Gasteiger partial charge in [-0.3, -0.25) is 0 Å². The third-order valence-electron chi connectivity index (χ3n) is 1.20. The second kappa shape index (κ2) is 10.0. The van der Waals surface area contributed by atoms with Gasteiger partial charge >= 0.3 is 0 Å². The minimum Gasteiger partial charge on any atom is -0.359 e. The molecule has 0 unspecified atom stereocenters. The van der Waals surface area contributed by atoms with Crippen LogP contribution in [0, 0.1) is 24.2 Å². The van der Waals surface area contributed by atoms with Crippen LogP contribution in [-0.4, -0.2) is 20.5 Å². The van der Waals surface area contributed by atoms with Crippen LogP contribution in [0.3, 0.4) is 0 Å². The Labute approximate surface area is 74.2 Å². The molecule has 0 amide bonds. The molecule has 0 saturated heterocycles. The van der Waals surface area contributed by atoms with Gasteiger partial charge in [-0.05, 0) is 24.7 Å². The first kappa shape index (κ1) is 11.0. The van der Waals surface area contributed by atoms with Gasteiger partial charge in [0, 0.05) is 20.1 Å². The number of hydrogen-bond acceptors (Lipinski definition) is 2. The van der Waals surface area contributed by atoms with Crippen LogP contribution in [0.5, 0.6) is 0 Å². The molecule has 0 aliphatic heterocycles. The molecule has 0 N–H and O–H groups in total. The number of unbranched alkanes of at least 4 members (excludes halogenated alkanes) is 2. The molecule has 0 saturated carbocycles. The maximum Gasteiger partial charge on any atom is 0.146 e. The monoisotopic (exact) mass is 166 g/mol. The van der Waals surface area contributed by atoms with E-state index in [2.05, 4.69) is 17.8 Å². The van der Waals surface area contributed by atoms with Crippen molar-refractivity contribution in [1.82, 2.24) is 0 Å². The first-order valence-electron chi connectivity index (χ1n) is 3.92. The third-order valence-corrected chi connectivity index (χ3v) is 1.20. The molecule has 2 heteroatoms. The summed E-state index contributed by atoms with van der Waals surface area (Å²) >= 11 is 0. The minimum atomic E-state index is 0.371. The van der Waals surface area contributed by atoms with Crippen molar-refractivity contribution < 1.29 is 9.47 Å². The van der Waals surface area contributed by atoms with Gasteiger partial charge in [0.1, 0.15) is 6.79 Å². The summed E-state index contributed by atoms with van der Waals surface area (Å²) in [6.45, 7) is 1.10. The smallest absolute Gasteiger partial charge is 0.146 e. The zero-order chi connectivity index (χ0) is 9.07. The topological polar surface area (TPSA) is 18.5 Å². The zero-order valence-electron chi connectivity index (χ0n) is 7.43. The average molecular weight is 166 g/mol. The van der Waals surface area contributed by atoms with E-state index in [1.54, 1.807) is 7.11 Å². The fourth-order valence-corrected chi connectivity index (χ4v) is 0.673. The Hall–Kier alpha value is -0.960. The molecule has 0 radical (unpaired) electrons. The Bertz CT molecular complexity index is 180. The molecule has 0 bridgehead atoms. The molecule has 0 atom stereocenters. The van der Waals surface area contributed by atoms with E-state index in [0.29, 0.717) is 6.79 Å². The number of rotatable bonds is 6. The molecular weight excluding hydrogens is 152 g/mol. The molecule has 0 rings (SSSR count). The SMILES string of the molecule is C#CC#CCCCCOCOC.